The highest BCUT2D eigenvalue weighted by Crippen LogP contribution is 2.42. The number of methoxy groups -OCH3 is 2. The zero-order valence-electron chi connectivity index (χ0n) is 19.4. The molecule has 0 saturated heterocycles. The van der Waals surface area contributed by atoms with E-state index in [-0.39, 0.29) is 11.9 Å². The molecule has 8 heteroatoms. The van der Waals surface area contributed by atoms with Gasteiger partial charge in [-0.25, -0.2) is 4.99 Å². The Hall–Kier alpha value is -2.51. The van der Waals surface area contributed by atoms with Crippen LogP contribution in [0.25, 0.3) is 0 Å². The van der Waals surface area contributed by atoms with Gasteiger partial charge in [0, 0.05) is 22.4 Å². The van der Waals surface area contributed by atoms with Gasteiger partial charge >= 0.3 is 0 Å². The number of amides is 1. The number of aliphatic imine (C=N–C) groups is 2. The molecule has 0 aromatic heterocycles. The molecule has 2 heterocycles. The van der Waals surface area contributed by atoms with Gasteiger partial charge < -0.3 is 9.47 Å². The maximum absolute atomic E-state index is 13.2. The summed E-state index contributed by atoms with van der Waals surface area (Å²) in [6.45, 7) is 0. The van der Waals surface area contributed by atoms with Gasteiger partial charge in [-0.3, -0.25) is 9.69 Å². The SMILES string of the molecule is COc1cc2c(cc1OC)C1=NC(=O)[C@H](CC3CCCCC3)N1C(SCc1ccc(Cl)cc1)=N2. The minimum atomic E-state index is -0.309. The van der Waals surface area contributed by atoms with Gasteiger partial charge in [0.05, 0.1) is 19.9 Å². The van der Waals surface area contributed by atoms with E-state index in [9.17, 15) is 4.79 Å². The molecule has 0 unspecified atom stereocenters. The molecule has 1 aliphatic carbocycles. The van der Waals surface area contributed by atoms with E-state index >= 15 is 0 Å². The Labute approximate surface area is 209 Å². The van der Waals surface area contributed by atoms with Crippen LogP contribution in [0.15, 0.2) is 46.4 Å². The molecule has 1 atom stereocenters. The van der Waals surface area contributed by atoms with Crippen molar-refractivity contribution in [2.45, 2.75) is 50.3 Å². The molecule has 5 rings (SSSR count). The molecule has 0 bridgehead atoms. The Kier molecular flexibility index (Phi) is 6.84. The fourth-order valence-corrected chi connectivity index (χ4v) is 6.11. The van der Waals surface area contributed by atoms with Gasteiger partial charge in [-0.15, -0.1) is 0 Å². The average Bonchev–Trinajstić information content (AvgIpc) is 3.19. The number of carbonyl (C=O) groups excluding carboxylic acids is 1. The second-order valence-corrected chi connectivity index (χ2v) is 10.3. The minimum absolute atomic E-state index is 0.0806. The quantitative estimate of drug-likeness (QED) is 0.474. The van der Waals surface area contributed by atoms with E-state index < -0.39 is 0 Å². The monoisotopic (exact) mass is 497 g/mol. The Morgan fingerprint density at radius 1 is 1.03 bits per heavy atom. The van der Waals surface area contributed by atoms with E-state index in [0.717, 1.165) is 28.4 Å². The van der Waals surface area contributed by atoms with Crippen LogP contribution >= 0.6 is 23.4 Å². The Morgan fingerprint density at radius 3 is 2.44 bits per heavy atom. The van der Waals surface area contributed by atoms with E-state index in [1.807, 2.05) is 36.4 Å². The number of carbonyl (C=O) groups is 1. The number of fused-ring (bicyclic) bond motifs is 3. The first-order chi connectivity index (χ1) is 16.6. The zero-order valence-corrected chi connectivity index (χ0v) is 21.0. The van der Waals surface area contributed by atoms with E-state index in [1.54, 1.807) is 26.0 Å². The van der Waals surface area contributed by atoms with Crippen molar-refractivity contribution >= 4 is 46.0 Å². The summed E-state index contributed by atoms with van der Waals surface area (Å²) in [4.78, 5) is 24.8. The summed E-state index contributed by atoms with van der Waals surface area (Å²) in [6, 6.07) is 11.2. The third kappa shape index (κ3) is 4.56. The van der Waals surface area contributed by atoms with E-state index in [0.29, 0.717) is 34.0 Å². The van der Waals surface area contributed by atoms with Crippen LogP contribution in [-0.2, 0) is 10.5 Å². The number of halogens is 1. The fourth-order valence-electron chi connectivity index (χ4n) is 4.98. The molecular formula is C26H28ClN3O3S. The van der Waals surface area contributed by atoms with Crippen molar-refractivity contribution in [3.05, 3.63) is 52.5 Å². The number of hydrogen-bond donors (Lipinski definition) is 0. The molecule has 178 valence electrons. The fraction of sp³-hybridized carbons (Fsp3) is 0.423. The number of benzene rings is 2. The van der Waals surface area contributed by atoms with Crippen molar-refractivity contribution < 1.29 is 14.3 Å². The summed E-state index contributed by atoms with van der Waals surface area (Å²) in [6.07, 6.45) is 6.95. The first kappa shape index (κ1) is 23.2. The summed E-state index contributed by atoms with van der Waals surface area (Å²) in [5.41, 5.74) is 2.67. The second-order valence-electron chi connectivity index (χ2n) is 8.93. The van der Waals surface area contributed by atoms with Gasteiger partial charge in [-0.2, -0.15) is 4.99 Å². The summed E-state index contributed by atoms with van der Waals surface area (Å²) in [5.74, 6) is 3.04. The van der Waals surface area contributed by atoms with Crippen molar-refractivity contribution in [1.29, 1.82) is 0 Å². The molecule has 1 amide bonds. The summed E-state index contributed by atoms with van der Waals surface area (Å²) >= 11 is 7.67. The Bertz CT molecular complexity index is 1140. The third-order valence-electron chi connectivity index (χ3n) is 6.77. The lowest BCUT2D eigenvalue weighted by Gasteiger charge is -2.33. The maximum Gasteiger partial charge on any atom is 0.270 e. The van der Waals surface area contributed by atoms with Gasteiger partial charge in [0.15, 0.2) is 16.7 Å². The molecule has 0 radical (unpaired) electrons. The molecule has 2 aliphatic heterocycles. The number of amidine groups is 2. The van der Waals surface area contributed by atoms with Crippen LogP contribution in [0.4, 0.5) is 5.69 Å². The topological polar surface area (TPSA) is 63.5 Å². The molecule has 0 N–H and O–H groups in total. The van der Waals surface area contributed by atoms with Crippen molar-refractivity contribution in [1.82, 2.24) is 4.90 Å². The zero-order chi connectivity index (χ0) is 23.7. The summed E-state index contributed by atoms with van der Waals surface area (Å²) < 4.78 is 11.0. The van der Waals surface area contributed by atoms with Gasteiger partial charge in [0.1, 0.15) is 11.9 Å². The molecule has 0 spiro atoms. The summed E-state index contributed by atoms with van der Waals surface area (Å²) in [7, 11) is 3.21. The number of thioether (sulfide) groups is 1. The lowest BCUT2D eigenvalue weighted by Crippen LogP contribution is -2.44. The minimum Gasteiger partial charge on any atom is -0.493 e. The van der Waals surface area contributed by atoms with Gasteiger partial charge in [-0.05, 0) is 36.1 Å². The molecule has 1 saturated carbocycles. The molecule has 6 nitrogen and oxygen atoms in total. The highest BCUT2D eigenvalue weighted by molar-refractivity contribution is 8.13. The maximum atomic E-state index is 13.2. The number of rotatable bonds is 6. The predicted octanol–water partition coefficient (Wildman–Crippen LogP) is 6.22. The van der Waals surface area contributed by atoms with Crippen molar-refractivity contribution in [2.24, 2.45) is 15.9 Å². The molecule has 34 heavy (non-hydrogen) atoms. The number of ether oxygens (including phenoxy) is 2. The number of hydrogen-bond acceptors (Lipinski definition) is 6. The van der Waals surface area contributed by atoms with Crippen LogP contribution in [-0.4, -0.2) is 42.1 Å². The molecule has 1 fully saturated rings. The normalized spacial score (nSPS) is 19.9. The molecular weight excluding hydrogens is 470 g/mol. The van der Waals surface area contributed by atoms with Crippen LogP contribution in [0.5, 0.6) is 11.5 Å². The smallest absolute Gasteiger partial charge is 0.270 e. The van der Waals surface area contributed by atoms with Gasteiger partial charge in [-0.1, -0.05) is 67.6 Å². The Balaban J connectivity index is 1.50. The predicted molar refractivity (Wildman–Crippen MR) is 138 cm³/mol. The van der Waals surface area contributed by atoms with Crippen LogP contribution < -0.4 is 9.47 Å². The largest absolute Gasteiger partial charge is 0.493 e. The molecule has 3 aliphatic rings. The highest BCUT2D eigenvalue weighted by Gasteiger charge is 2.43. The highest BCUT2D eigenvalue weighted by atomic mass is 35.5. The third-order valence-corrected chi connectivity index (χ3v) is 8.04. The van der Waals surface area contributed by atoms with Crippen LogP contribution in [0.3, 0.4) is 0 Å². The Morgan fingerprint density at radius 2 is 1.74 bits per heavy atom. The first-order valence-electron chi connectivity index (χ1n) is 11.7. The van der Waals surface area contributed by atoms with Crippen molar-refractivity contribution in [3.63, 3.8) is 0 Å². The van der Waals surface area contributed by atoms with Crippen LogP contribution in [0.2, 0.25) is 5.02 Å². The standard InChI is InChI=1S/C26H28ClN3O3S/c1-32-22-13-19-20(14-23(22)33-2)28-26(34-15-17-8-10-18(27)11-9-17)30-21(25(31)29-24(19)30)12-16-6-4-3-5-7-16/h8-11,13-14,16,21H,3-7,12,15H2,1-2H3/t21-/m0/s1. The molecule has 2 aromatic rings. The van der Waals surface area contributed by atoms with Crippen LogP contribution in [0.1, 0.15) is 49.7 Å². The van der Waals surface area contributed by atoms with Crippen molar-refractivity contribution in [3.8, 4) is 11.5 Å². The average molecular weight is 498 g/mol. The first-order valence-corrected chi connectivity index (χ1v) is 13.1. The lowest BCUT2D eigenvalue weighted by molar-refractivity contribution is -0.120. The number of nitrogens with zero attached hydrogens (tertiary/aromatic N) is 3. The van der Waals surface area contributed by atoms with Gasteiger partial charge in [0.25, 0.3) is 5.91 Å². The van der Waals surface area contributed by atoms with E-state index in [4.69, 9.17) is 26.1 Å². The second kappa shape index (κ2) is 10.0. The van der Waals surface area contributed by atoms with Gasteiger partial charge in [0.2, 0.25) is 0 Å². The lowest BCUT2D eigenvalue weighted by atomic mass is 9.84. The van der Waals surface area contributed by atoms with E-state index in [2.05, 4.69) is 9.89 Å². The summed E-state index contributed by atoms with van der Waals surface area (Å²) in [5, 5.41) is 1.51. The van der Waals surface area contributed by atoms with Crippen molar-refractivity contribution in [2.75, 3.05) is 14.2 Å². The van der Waals surface area contributed by atoms with Crippen LogP contribution in [0, 0.1) is 5.92 Å². The van der Waals surface area contributed by atoms with E-state index in [1.165, 1.54) is 32.1 Å². The molecule has 2 aromatic carbocycles.